The highest BCUT2D eigenvalue weighted by Crippen LogP contribution is 2.20. The number of anilines is 1. The number of hydrogen-bond donors (Lipinski definition) is 3. The Labute approximate surface area is 199 Å². The number of fused-ring (bicyclic) bond motifs is 1. The van der Waals surface area contributed by atoms with Gasteiger partial charge in [0.1, 0.15) is 5.82 Å². The summed E-state index contributed by atoms with van der Waals surface area (Å²) in [4.78, 5) is 10.3. The number of nitrogens with one attached hydrogen (secondary N) is 3. The highest BCUT2D eigenvalue weighted by molar-refractivity contribution is 14.0. The lowest BCUT2D eigenvalue weighted by Gasteiger charge is -2.34. The molecule has 3 aromatic rings. The zero-order valence-electron chi connectivity index (χ0n) is 18.1. The summed E-state index contributed by atoms with van der Waals surface area (Å²) in [5, 5.41) is 12.2. The van der Waals surface area contributed by atoms with Crippen LogP contribution >= 0.6 is 24.0 Å². The largest absolute Gasteiger partial charge is 0.367 e. The molecule has 0 amide bonds. The van der Waals surface area contributed by atoms with Crippen molar-refractivity contribution in [1.29, 1.82) is 0 Å². The lowest BCUT2D eigenvalue weighted by atomic mass is 10.1. The smallest absolute Gasteiger partial charge is 0.191 e. The summed E-state index contributed by atoms with van der Waals surface area (Å²) in [6, 6.07) is 5.18. The quantitative estimate of drug-likeness (QED) is 0.255. The Morgan fingerprint density at radius 2 is 2.26 bits per heavy atom. The summed E-state index contributed by atoms with van der Waals surface area (Å²) in [5.74, 6) is 0.624. The lowest BCUT2D eigenvalue weighted by molar-refractivity contribution is 0.468. The Balaban J connectivity index is 0.00000272. The maximum absolute atomic E-state index is 13.6. The molecule has 1 atom stereocenters. The number of benzene rings is 1. The minimum atomic E-state index is -0.211. The number of hydrogen-bond acceptors (Lipinski definition) is 3. The van der Waals surface area contributed by atoms with E-state index in [2.05, 4.69) is 38.7 Å². The third kappa shape index (κ3) is 5.90. The highest BCUT2D eigenvalue weighted by Gasteiger charge is 2.21. The van der Waals surface area contributed by atoms with E-state index in [1.165, 1.54) is 6.07 Å². The van der Waals surface area contributed by atoms with Gasteiger partial charge in [-0.2, -0.15) is 5.10 Å². The molecule has 7 nitrogen and oxygen atoms in total. The Bertz CT molecular complexity index is 1010. The van der Waals surface area contributed by atoms with Crippen molar-refractivity contribution in [3.05, 3.63) is 48.2 Å². The predicted octanol–water partition coefficient (Wildman–Crippen LogP) is 3.43. The van der Waals surface area contributed by atoms with Gasteiger partial charge in [-0.25, -0.2) is 4.39 Å². The molecule has 0 spiro atoms. The van der Waals surface area contributed by atoms with Crippen LogP contribution in [0.4, 0.5) is 10.1 Å². The average Bonchev–Trinajstić information content (AvgIpc) is 3.34. The molecular formula is C22H31FIN7. The third-order valence-electron chi connectivity index (χ3n) is 5.54. The monoisotopic (exact) mass is 539 g/mol. The molecule has 1 aromatic carbocycles. The van der Waals surface area contributed by atoms with E-state index in [1.54, 1.807) is 12.1 Å². The van der Waals surface area contributed by atoms with Crippen LogP contribution in [0.15, 0.2) is 41.8 Å². The molecular weight excluding hydrogens is 508 g/mol. The molecule has 3 N–H and O–H groups in total. The molecule has 1 fully saturated rings. The maximum Gasteiger partial charge on any atom is 0.191 e. The van der Waals surface area contributed by atoms with Gasteiger partial charge >= 0.3 is 0 Å². The van der Waals surface area contributed by atoms with Crippen molar-refractivity contribution < 1.29 is 4.39 Å². The fraction of sp³-hybridized carbons (Fsp3) is 0.455. The first kappa shape index (κ1) is 23.4. The molecule has 2 aromatic heterocycles. The van der Waals surface area contributed by atoms with Crippen LogP contribution in [-0.4, -0.2) is 52.9 Å². The molecule has 0 saturated carbocycles. The number of nitrogens with zero attached hydrogens (tertiary/aromatic N) is 4. The van der Waals surface area contributed by atoms with E-state index < -0.39 is 0 Å². The number of halogens is 2. The van der Waals surface area contributed by atoms with Crippen LogP contribution in [0.25, 0.3) is 10.9 Å². The van der Waals surface area contributed by atoms with Crippen molar-refractivity contribution in [2.45, 2.75) is 32.2 Å². The number of H-pyrrole nitrogens is 1. The minimum absolute atomic E-state index is 0. The molecule has 1 aliphatic heterocycles. The summed E-state index contributed by atoms with van der Waals surface area (Å²) in [6.07, 6.45) is 8.94. The zero-order valence-corrected chi connectivity index (χ0v) is 20.4. The van der Waals surface area contributed by atoms with Crippen LogP contribution < -0.4 is 15.5 Å². The first-order chi connectivity index (χ1) is 14.6. The second kappa shape index (κ2) is 10.8. The van der Waals surface area contributed by atoms with E-state index in [0.29, 0.717) is 12.6 Å². The lowest BCUT2D eigenvalue weighted by Crippen LogP contribution is -2.51. The molecule has 0 aliphatic carbocycles. The van der Waals surface area contributed by atoms with E-state index in [4.69, 9.17) is 4.99 Å². The summed E-state index contributed by atoms with van der Waals surface area (Å²) in [6.45, 7) is 5.50. The van der Waals surface area contributed by atoms with Gasteiger partial charge in [0.05, 0.1) is 11.9 Å². The van der Waals surface area contributed by atoms with E-state index in [0.717, 1.165) is 67.0 Å². The Hall–Kier alpha value is -2.30. The fourth-order valence-electron chi connectivity index (χ4n) is 4.06. The number of aromatic nitrogens is 3. The predicted molar refractivity (Wildman–Crippen MR) is 135 cm³/mol. The van der Waals surface area contributed by atoms with E-state index in [1.807, 2.05) is 24.1 Å². The normalized spacial score (nSPS) is 16.9. The van der Waals surface area contributed by atoms with Gasteiger partial charge in [-0.3, -0.25) is 9.67 Å². The second-order valence-corrected chi connectivity index (χ2v) is 7.82. The van der Waals surface area contributed by atoms with Gasteiger partial charge in [-0.1, -0.05) is 0 Å². The molecule has 168 valence electrons. The number of rotatable bonds is 6. The van der Waals surface area contributed by atoms with Crippen molar-refractivity contribution >= 4 is 46.5 Å². The molecule has 1 aliphatic rings. The van der Waals surface area contributed by atoms with Crippen molar-refractivity contribution in [2.75, 3.05) is 31.1 Å². The Morgan fingerprint density at radius 3 is 3.03 bits per heavy atom. The van der Waals surface area contributed by atoms with Crippen molar-refractivity contribution in [3.8, 4) is 0 Å². The van der Waals surface area contributed by atoms with Gasteiger partial charge in [0, 0.05) is 62.6 Å². The maximum atomic E-state index is 13.6. The molecule has 9 heteroatoms. The number of piperidine rings is 1. The highest BCUT2D eigenvalue weighted by atomic mass is 127. The van der Waals surface area contributed by atoms with Gasteiger partial charge in [0.2, 0.25) is 0 Å². The van der Waals surface area contributed by atoms with Crippen molar-refractivity contribution in [2.24, 2.45) is 12.0 Å². The number of aliphatic imine (C=N–C) groups is 1. The molecule has 0 radical (unpaired) electrons. The molecule has 1 unspecified atom stereocenters. The third-order valence-corrected chi connectivity index (χ3v) is 5.54. The van der Waals surface area contributed by atoms with E-state index in [-0.39, 0.29) is 29.8 Å². The van der Waals surface area contributed by atoms with Gasteiger partial charge in [0.15, 0.2) is 5.96 Å². The van der Waals surface area contributed by atoms with Crippen LogP contribution in [0, 0.1) is 5.82 Å². The van der Waals surface area contributed by atoms with Crippen LogP contribution in [-0.2, 0) is 13.5 Å². The second-order valence-electron chi connectivity index (χ2n) is 7.82. The van der Waals surface area contributed by atoms with Gasteiger partial charge in [0.25, 0.3) is 0 Å². The molecule has 1 saturated heterocycles. The van der Waals surface area contributed by atoms with Crippen molar-refractivity contribution in [1.82, 2.24) is 25.4 Å². The van der Waals surface area contributed by atoms with E-state index in [9.17, 15) is 4.39 Å². The van der Waals surface area contributed by atoms with E-state index >= 15 is 0 Å². The minimum Gasteiger partial charge on any atom is -0.367 e. The summed E-state index contributed by atoms with van der Waals surface area (Å²) >= 11 is 0. The standard InChI is InChI=1S/C22H30FN7.HI/c1-3-24-22(25-9-8-16-12-26-21-7-6-17(23)11-20(16)21)28-18-5-4-10-30(14-18)19-13-27-29(2)15-19;/h6-7,11-13,15,18,26H,3-5,8-10,14H2,1-2H3,(H2,24,25,28);1H. The number of guanidine groups is 1. The molecule has 0 bridgehead atoms. The van der Waals surface area contributed by atoms with Gasteiger partial charge < -0.3 is 20.5 Å². The molecule has 3 heterocycles. The topological polar surface area (TPSA) is 73.3 Å². The zero-order chi connectivity index (χ0) is 20.9. The number of aromatic amines is 1. The molecule has 31 heavy (non-hydrogen) atoms. The summed E-state index contributed by atoms with van der Waals surface area (Å²) in [7, 11) is 1.95. The first-order valence-electron chi connectivity index (χ1n) is 10.7. The van der Waals surface area contributed by atoms with Crippen LogP contribution in [0.5, 0.6) is 0 Å². The number of aryl methyl sites for hydroxylation is 1. The first-order valence-corrected chi connectivity index (χ1v) is 10.7. The van der Waals surface area contributed by atoms with Gasteiger partial charge in [-0.05, 0) is 49.9 Å². The van der Waals surface area contributed by atoms with Gasteiger partial charge in [-0.15, -0.1) is 24.0 Å². The fourth-order valence-corrected chi connectivity index (χ4v) is 4.06. The van der Waals surface area contributed by atoms with Crippen LogP contribution in [0.1, 0.15) is 25.3 Å². The van der Waals surface area contributed by atoms with Crippen molar-refractivity contribution in [3.63, 3.8) is 0 Å². The summed E-state index contributed by atoms with van der Waals surface area (Å²) in [5.41, 5.74) is 3.21. The Morgan fingerprint density at radius 1 is 1.39 bits per heavy atom. The Kier molecular flexibility index (Phi) is 8.16. The SMILES string of the molecule is CCNC(=NCCc1c[nH]c2ccc(F)cc12)NC1CCCN(c2cnn(C)c2)C1.I. The van der Waals surface area contributed by atoms with Crippen LogP contribution in [0.2, 0.25) is 0 Å². The average molecular weight is 539 g/mol. The van der Waals surface area contributed by atoms with Crippen LogP contribution in [0.3, 0.4) is 0 Å². The summed E-state index contributed by atoms with van der Waals surface area (Å²) < 4.78 is 15.4. The molecule has 4 rings (SSSR count).